The van der Waals surface area contributed by atoms with Crippen LogP contribution in [0.15, 0.2) is 255 Å². The first kappa shape index (κ1) is 38.7. The number of rotatable bonds is 5. The first-order valence-electron chi connectivity index (χ1n) is 23.8. The number of nitrogens with zero attached hydrogens (tertiary/aromatic N) is 1. The van der Waals surface area contributed by atoms with E-state index in [0.717, 1.165) is 17.1 Å². The molecule has 0 amide bonds. The van der Waals surface area contributed by atoms with Crippen molar-refractivity contribution in [2.75, 3.05) is 4.90 Å². The number of para-hydroxylation sites is 1. The second kappa shape index (κ2) is 14.7. The topological polar surface area (TPSA) is 3.24 Å². The van der Waals surface area contributed by atoms with Gasteiger partial charge < -0.3 is 4.90 Å². The van der Waals surface area contributed by atoms with E-state index in [1.807, 2.05) is 0 Å². The summed E-state index contributed by atoms with van der Waals surface area (Å²) < 4.78 is 0. The molecule has 14 rings (SSSR count). The Labute approximate surface area is 397 Å². The third-order valence-corrected chi connectivity index (χ3v) is 15.5. The van der Waals surface area contributed by atoms with Gasteiger partial charge in [0.05, 0.1) is 11.1 Å². The van der Waals surface area contributed by atoms with Crippen LogP contribution in [0.2, 0.25) is 0 Å². The Morgan fingerprint density at radius 3 is 1.56 bits per heavy atom. The molecule has 1 unspecified atom stereocenters. The van der Waals surface area contributed by atoms with E-state index >= 15 is 0 Å². The lowest BCUT2D eigenvalue weighted by molar-refractivity contribution is 0.716. The summed E-state index contributed by atoms with van der Waals surface area (Å²) in [6, 6.07) is 95.7. The van der Waals surface area contributed by atoms with Gasteiger partial charge in [0.15, 0.2) is 0 Å². The molecule has 11 aromatic rings. The molecule has 0 spiro atoms. The Kier molecular flexibility index (Phi) is 8.40. The number of anilines is 3. The van der Waals surface area contributed by atoms with Gasteiger partial charge in [0.2, 0.25) is 0 Å². The van der Waals surface area contributed by atoms with Crippen LogP contribution in [0.1, 0.15) is 45.9 Å². The lowest BCUT2D eigenvalue weighted by Crippen LogP contribution is -2.28. The molecule has 1 heterocycles. The summed E-state index contributed by atoms with van der Waals surface area (Å²) in [5, 5.41) is 2.51. The van der Waals surface area contributed by atoms with Crippen LogP contribution in [0, 0.1) is 0 Å². The molecule has 1 nitrogen and oxygen atoms in total. The van der Waals surface area contributed by atoms with Crippen molar-refractivity contribution in [1.82, 2.24) is 0 Å². The van der Waals surface area contributed by atoms with Crippen molar-refractivity contribution in [1.29, 1.82) is 0 Å². The minimum Gasteiger partial charge on any atom is -0.310 e. The van der Waals surface area contributed by atoms with Crippen LogP contribution >= 0.6 is 0 Å². The maximum absolute atomic E-state index is 2.52. The minimum absolute atomic E-state index is 0.472. The monoisotopic (exact) mass is 863 g/mol. The largest absolute Gasteiger partial charge is 0.310 e. The molecule has 4 bridgehead atoms. The molecule has 3 aliphatic rings. The highest BCUT2D eigenvalue weighted by Gasteiger charge is 2.47. The first-order valence-corrected chi connectivity index (χ1v) is 23.8. The second-order valence-electron chi connectivity index (χ2n) is 18.9. The third-order valence-electron chi connectivity index (χ3n) is 15.5. The SMILES string of the molecule is CC12c3cc(ccc3-c3ccccc3)-c3ccccc3N(c3ccc4c(c3)-c3ccccc3C4(c3ccccc3)c3ccccc3)c3ccc(c1c3)-c1ccc(-c3ccc4ccccc4c3)cc12. The summed E-state index contributed by atoms with van der Waals surface area (Å²) in [5.41, 5.74) is 24.0. The fourth-order valence-corrected chi connectivity index (χ4v) is 12.4. The van der Waals surface area contributed by atoms with Gasteiger partial charge in [0.1, 0.15) is 0 Å². The van der Waals surface area contributed by atoms with E-state index in [0.29, 0.717) is 0 Å². The van der Waals surface area contributed by atoms with E-state index in [9.17, 15) is 0 Å². The highest BCUT2D eigenvalue weighted by atomic mass is 15.1. The van der Waals surface area contributed by atoms with Gasteiger partial charge in [-0.05, 0) is 155 Å². The molecule has 68 heavy (non-hydrogen) atoms. The zero-order valence-electron chi connectivity index (χ0n) is 37.7. The van der Waals surface area contributed by atoms with E-state index in [-0.39, 0.29) is 0 Å². The normalized spacial score (nSPS) is 15.6. The summed E-state index contributed by atoms with van der Waals surface area (Å²) in [5.74, 6) is 0. The average Bonchev–Trinajstić information content (AvgIpc) is 3.85. The van der Waals surface area contributed by atoms with E-state index in [1.54, 1.807) is 0 Å². The fraction of sp³-hybridized carbons (Fsp3) is 0.0448. The smallest absolute Gasteiger partial charge is 0.0713 e. The van der Waals surface area contributed by atoms with Gasteiger partial charge in [0.25, 0.3) is 0 Å². The van der Waals surface area contributed by atoms with Crippen molar-refractivity contribution in [3.8, 4) is 55.6 Å². The Morgan fingerprint density at radius 1 is 0.279 bits per heavy atom. The van der Waals surface area contributed by atoms with Gasteiger partial charge in [-0.15, -0.1) is 0 Å². The van der Waals surface area contributed by atoms with E-state index in [1.165, 1.54) is 105 Å². The highest BCUT2D eigenvalue weighted by molar-refractivity contribution is 5.97. The molecule has 0 saturated carbocycles. The molecule has 2 aliphatic carbocycles. The molecule has 0 N–H and O–H groups in total. The van der Waals surface area contributed by atoms with Crippen LogP contribution in [0.3, 0.4) is 0 Å². The number of hydrogen-bond acceptors (Lipinski definition) is 1. The first-order chi connectivity index (χ1) is 33.6. The lowest BCUT2D eigenvalue weighted by atomic mass is 9.68. The predicted octanol–water partition coefficient (Wildman–Crippen LogP) is 17.3. The van der Waals surface area contributed by atoms with Crippen LogP contribution in [-0.2, 0) is 10.8 Å². The summed E-state index contributed by atoms with van der Waals surface area (Å²) in [6.45, 7) is 2.48. The molecule has 11 aromatic carbocycles. The predicted molar refractivity (Wildman–Crippen MR) is 283 cm³/mol. The van der Waals surface area contributed by atoms with Gasteiger partial charge in [-0.3, -0.25) is 0 Å². The van der Waals surface area contributed by atoms with Crippen molar-refractivity contribution in [2.45, 2.75) is 17.8 Å². The Balaban J connectivity index is 1.02. The van der Waals surface area contributed by atoms with Crippen LogP contribution in [0.25, 0.3) is 66.4 Å². The van der Waals surface area contributed by atoms with Crippen LogP contribution in [0.5, 0.6) is 0 Å². The van der Waals surface area contributed by atoms with Gasteiger partial charge in [0, 0.05) is 22.4 Å². The van der Waals surface area contributed by atoms with Crippen LogP contribution in [0.4, 0.5) is 17.1 Å². The molecule has 1 atom stereocenters. The van der Waals surface area contributed by atoms with Gasteiger partial charge in [-0.25, -0.2) is 0 Å². The van der Waals surface area contributed by atoms with Crippen molar-refractivity contribution in [3.05, 3.63) is 294 Å². The van der Waals surface area contributed by atoms with Gasteiger partial charge >= 0.3 is 0 Å². The Bertz CT molecular complexity index is 3770. The van der Waals surface area contributed by atoms with E-state index in [4.69, 9.17) is 0 Å². The van der Waals surface area contributed by atoms with Gasteiger partial charge in [-0.1, -0.05) is 206 Å². The summed E-state index contributed by atoms with van der Waals surface area (Å²) >= 11 is 0. The van der Waals surface area contributed by atoms with Crippen molar-refractivity contribution in [2.24, 2.45) is 0 Å². The molecule has 0 saturated heterocycles. The van der Waals surface area contributed by atoms with Crippen molar-refractivity contribution >= 4 is 27.8 Å². The second-order valence-corrected chi connectivity index (χ2v) is 18.9. The number of fused-ring (bicyclic) bond motifs is 13. The summed E-state index contributed by atoms with van der Waals surface area (Å²) in [4.78, 5) is 2.52. The number of benzene rings is 11. The van der Waals surface area contributed by atoms with Gasteiger partial charge in [-0.2, -0.15) is 0 Å². The lowest BCUT2D eigenvalue weighted by Gasteiger charge is -2.35. The molecule has 0 radical (unpaired) electrons. The zero-order chi connectivity index (χ0) is 45.0. The maximum Gasteiger partial charge on any atom is 0.0713 e. The highest BCUT2D eigenvalue weighted by Crippen LogP contribution is 2.60. The molecule has 1 heteroatoms. The fourth-order valence-electron chi connectivity index (χ4n) is 12.4. The third kappa shape index (κ3) is 5.45. The quantitative estimate of drug-likeness (QED) is 0.167. The molecule has 0 fully saturated rings. The Morgan fingerprint density at radius 2 is 0.779 bits per heavy atom. The van der Waals surface area contributed by atoms with Crippen LogP contribution < -0.4 is 4.90 Å². The standard InChI is InChI=1S/C67H45N/c1-66-62-41-49(32-35-54(62)45-18-5-2-6-19-45)55-25-14-16-28-65(55)68(53-33-37-58(64(66)43-53)57-36-31-48(40-63(57)66)47-30-29-44-17-11-12-20-46(44)39-47)52-34-38-61-59(42-52)56-26-13-15-27-60(56)67(61,50-21-7-3-8-22-50)51-23-9-4-10-24-51/h2-43H,1H3. The zero-order valence-corrected chi connectivity index (χ0v) is 37.7. The molecular formula is C67H45N. The minimum atomic E-state index is -0.492. The average molecular weight is 864 g/mol. The van der Waals surface area contributed by atoms with Crippen LogP contribution in [-0.4, -0.2) is 0 Å². The molecule has 0 aromatic heterocycles. The maximum atomic E-state index is 2.52. The van der Waals surface area contributed by atoms with E-state index in [2.05, 4.69) is 267 Å². The molecule has 318 valence electrons. The summed E-state index contributed by atoms with van der Waals surface area (Å²) in [7, 11) is 0. The number of hydrogen-bond donors (Lipinski definition) is 0. The van der Waals surface area contributed by atoms with Crippen molar-refractivity contribution < 1.29 is 0 Å². The molecular weight excluding hydrogens is 819 g/mol. The van der Waals surface area contributed by atoms with Crippen molar-refractivity contribution in [3.63, 3.8) is 0 Å². The van der Waals surface area contributed by atoms with E-state index < -0.39 is 10.8 Å². The summed E-state index contributed by atoms with van der Waals surface area (Å²) in [6.07, 6.45) is 0. The Hall–Kier alpha value is -8.52. The molecule has 1 aliphatic heterocycles.